The number of halogens is 1. The fourth-order valence-corrected chi connectivity index (χ4v) is 1.91. The van der Waals surface area contributed by atoms with E-state index in [1.807, 2.05) is 0 Å². The van der Waals surface area contributed by atoms with Gasteiger partial charge in [0.05, 0.1) is 13.0 Å². The molecule has 0 aromatic carbocycles. The lowest BCUT2D eigenvalue weighted by Gasteiger charge is -2.31. The van der Waals surface area contributed by atoms with Gasteiger partial charge in [-0.3, -0.25) is 19.3 Å². The molecule has 3 N–H and O–H groups in total. The maximum absolute atomic E-state index is 12.4. The molecule has 1 atom stereocenters. The van der Waals surface area contributed by atoms with Crippen LogP contribution in [-0.4, -0.2) is 64.4 Å². The van der Waals surface area contributed by atoms with Crippen LogP contribution in [0.3, 0.4) is 0 Å². The molecule has 24 heavy (non-hydrogen) atoms. The van der Waals surface area contributed by atoms with Crippen LogP contribution >= 0.6 is 24.2 Å². The predicted octanol–water partition coefficient (Wildman–Crippen LogP) is 0.300. The lowest BCUT2D eigenvalue weighted by atomic mass is 9.86. The zero-order chi connectivity index (χ0) is 18.9. The van der Waals surface area contributed by atoms with Crippen LogP contribution in [-0.2, 0) is 14.4 Å². The molecule has 0 heterocycles. The Balaban J connectivity index is 5.12. The summed E-state index contributed by atoms with van der Waals surface area (Å²) in [5.74, 6) is -1.45. The zero-order valence-electron chi connectivity index (χ0n) is 13.9. The number of imide groups is 1. The highest BCUT2D eigenvalue weighted by Crippen LogP contribution is 2.22. The van der Waals surface area contributed by atoms with Crippen molar-refractivity contribution >= 4 is 42.0 Å². The van der Waals surface area contributed by atoms with Crippen molar-refractivity contribution in [2.24, 2.45) is 5.41 Å². The van der Waals surface area contributed by atoms with Crippen molar-refractivity contribution in [1.29, 1.82) is 0 Å². The van der Waals surface area contributed by atoms with Gasteiger partial charge in [0.2, 0.25) is 11.8 Å². The Bertz CT molecular complexity index is 484. The summed E-state index contributed by atoms with van der Waals surface area (Å²) in [5.41, 5.74) is -1.14. The Morgan fingerprint density at radius 2 is 1.96 bits per heavy atom. The number of nitrogens with one attached hydrogen (secondary N) is 1. The van der Waals surface area contributed by atoms with Crippen LogP contribution in [0.2, 0.25) is 0 Å². The first-order valence-corrected chi connectivity index (χ1v) is 8.41. The Morgan fingerprint density at radius 3 is 2.42 bits per heavy atom. The minimum Gasteiger partial charge on any atom is -0.396 e. The minimum absolute atomic E-state index is 0.0354. The number of thiol groups is 1. The van der Waals surface area contributed by atoms with Gasteiger partial charge in [0.15, 0.2) is 0 Å². The second kappa shape index (κ2) is 10.7. The molecule has 0 unspecified atom stereocenters. The van der Waals surface area contributed by atoms with Gasteiger partial charge in [-0.05, 0) is 0 Å². The fourth-order valence-electron chi connectivity index (χ4n) is 1.68. The van der Waals surface area contributed by atoms with E-state index in [4.69, 9.17) is 11.6 Å². The standard InChI is InChI=1S/C15H25ClN2O5S/c1-10(16)8-12(21)18(6-4-11(20)17-5-7-24)14(23)13(22)15(2,3)9-19/h13,19,22,24H,1,4-9H2,2-3H3,(H,17,20)/t13-/m0/s1. The molecule has 138 valence electrons. The number of rotatable bonds is 10. The van der Waals surface area contributed by atoms with Crippen molar-refractivity contribution < 1.29 is 24.6 Å². The Hall–Kier alpha value is -1.09. The summed E-state index contributed by atoms with van der Waals surface area (Å²) in [6, 6.07) is 0. The molecule has 7 nitrogen and oxygen atoms in total. The van der Waals surface area contributed by atoms with Crippen LogP contribution in [0.5, 0.6) is 0 Å². The van der Waals surface area contributed by atoms with Crippen molar-refractivity contribution in [3.05, 3.63) is 11.6 Å². The average Bonchev–Trinajstić information content (AvgIpc) is 2.51. The summed E-state index contributed by atoms with van der Waals surface area (Å²) < 4.78 is 0. The van der Waals surface area contributed by atoms with Crippen LogP contribution in [0.15, 0.2) is 11.6 Å². The molecule has 3 amide bonds. The van der Waals surface area contributed by atoms with Crippen LogP contribution in [0.1, 0.15) is 26.7 Å². The van der Waals surface area contributed by atoms with E-state index >= 15 is 0 Å². The first kappa shape index (κ1) is 22.9. The van der Waals surface area contributed by atoms with Crippen LogP contribution < -0.4 is 5.32 Å². The quantitative estimate of drug-likeness (QED) is 0.408. The number of amides is 3. The second-order valence-electron chi connectivity index (χ2n) is 5.95. The van der Waals surface area contributed by atoms with Crippen LogP contribution in [0.25, 0.3) is 0 Å². The second-order valence-corrected chi connectivity index (χ2v) is 6.93. The molecule has 0 aromatic heterocycles. The molecule has 0 bridgehead atoms. The summed E-state index contributed by atoms with van der Waals surface area (Å²) >= 11 is 9.57. The van der Waals surface area contributed by atoms with E-state index in [0.717, 1.165) is 4.90 Å². The molecule has 0 aliphatic carbocycles. The highest BCUT2D eigenvalue weighted by atomic mass is 35.5. The van der Waals surface area contributed by atoms with Gasteiger partial charge in [-0.15, -0.1) is 0 Å². The van der Waals surface area contributed by atoms with E-state index in [2.05, 4.69) is 24.5 Å². The SMILES string of the molecule is C=C(Cl)CC(=O)N(CCC(=O)NCCS)C(=O)[C@H](O)C(C)(C)CO. The third-order valence-corrected chi connectivity index (χ3v) is 3.65. The molecular formula is C15H25ClN2O5S. The van der Waals surface area contributed by atoms with Gasteiger partial charge < -0.3 is 15.5 Å². The van der Waals surface area contributed by atoms with Gasteiger partial charge in [0, 0.05) is 35.7 Å². The topological polar surface area (TPSA) is 107 Å². The first-order valence-electron chi connectivity index (χ1n) is 7.40. The number of hydrogen-bond acceptors (Lipinski definition) is 6. The molecule has 0 saturated heterocycles. The van der Waals surface area contributed by atoms with E-state index < -0.39 is 29.9 Å². The Kier molecular flexibility index (Phi) is 10.2. The van der Waals surface area contributed by atoms with Crippen molar-refractivity contribution in [2.45, 2.75) is 32.8 Å². The average molecular weight is 381 g/mol. The summed E-state index contributed by atoms with van der Waals surface area (Å²) in [5, 5.41) is 22.0. The molecule has 0 aliphatic heterocycles. The molecule has 0 spiro atoms. The maximum Gasteiger partial charge on any atom is 0.258 e. The summed E-state index contributed by atoms with van der Waals surface area (Å²) in [4.78, 5) is 37.0. The lowest BCUT2D eigenvalue weighted by Crippen LogP contribution is -2.50. The highest BCUT2D eigenvalue weighted by Gasteiger charge is 2.37. The normalized spacial score (nSPS) is 12.4. The molecule has 0 aromatic rings. The highest BCUT2D eigenvalue weighted by molar-refractivity contribution is 7.80. The molecule has 0 saturated carbocycles. The monoisotopic (exact) mass is 380 g/mol. The zero-order valence-corrected chi connectivity index (χ0v) is 15.6. The molecule has 0 radical (unpaired) electrons. The largest absolute Gasteiger partial charge is 0.396 e. The lowest BCUT2D eigenvalue weighted by molar-refractivity contribution is -0.156. The smallest absolute Gasteiger partial charge is 0.258 e. The van der Waals surface area contributed by atoms with Gasteiger partial charge >= 0.3 is 0 Å². The van der Waals surface area contributed by atoms with Crippen LogP contribution in [0, 0.1) is 5.41 Å². The molecule has 0 fully saturated rings. The number of carbonyl (C=O) groups excluding carboxylic acids is 3. The molecular weight excluding hydrogens is 356 g/mol. The van der Waals surface area contributed by atoms with E-state index in [0.29, 0.717) is 12.3 Å². The van der Waals surface area contributed by atoms with Gasteiger partial charge in [-0.25, -0.2) is 0 Å². The number of aliphatic hydroxyl groups is 2. The third kappa shape index (κ3) is 7.65. The molecule has 9 heteroatoms. The number of nitrogens with zero attached hydrogens (tertiary/aromatic N) is 1. The van der Waals surface area contributed by atoms with E-state index in [1.165, 1.54) is 13.8 Å². The third-order valence-electron chi connectivity index (χ3n) is 3.29. The number of aliphatic hydroxyl groups excluding tert-OH is 2. The predicted molar refractivity (Wildman–Crippen MR) is 94.7 cm³/mol. The summed E-state index contributed by atoms with van der Waals surface area (Å²) in [7, 11) is 0. The van der Waals surface area contributed by atoms with Crippen LogP contribution in [0.4, 0.5) is 0 Å². The number of carbonyl (C=O) groups is 3. The minimum atomic E-state index is -1.60. The summed E-state index contributed by atoms with van der Waals surface area (Å²) in [6.07, 6.45) is -2.01. The Labute approximate surface area is 152 Å². The van der Waals surface area contributed by atoms with Gasteiger partial charge in [-0.2, -0.15) is 12.6 Å². The fraction of sp³-hybridized carbons (Fsp3) is 0.667. The van der Waals surface area contributed by atoms with Crippen molar-refractivity contribution in [2.75, 3.05) is 25.4 Å². The maximum atomic E-state index is 12.4. The Morgan fingerprint density at radius 1 is 1.38 bits per heavy atom. The van der Waals surface area contributed by atoms with Gasteiger partial charge in [-0.1, -0.05) is 32.0 Å². The van der Waals surface area contributed by atoms with Gasteiger partial charge in [0.1, 0.15) is 6.10 Å². The number of hydrogen-bond donors (Lipinski definition) is 4. The first-order chi connectivity index (χ1) is 11.1. The molecule has 0 rings (SSSR count). The van der Waals surface area contributed by atoms with Crippen molar-refractivity contribution in [3.8, 4) is 0 Å². The van der Waals surface area contributed by atoms with Crippen molar-refractivity contribution in [1.82, 2.24) is 10.2 Å². The van der Waals surface area contributed by atoms with E-state index in [-0.39, 0.29) is 30.3 Å². The molecule has 0 aliphatic rings. The van der Waals surface area contributed by atoms with Crippen molar-refractivity contribution in [3.63, 3.8) is 0 Å². The summed E-state index contributed by atoms with van der Waals surface area (Å²) in [6.45, 7) is 6.07. The van der Waals surface area contributed by atoms with E-state index in [9.17, 15) is 24.6 Å². The van der Waals surface area contributed by atoms with E-state index in [1.54, 1.807) is 0 Å². The van der Waals surface area contributed by atoms with Gasteiger partial charge in [0.25, 0.3) is 5.91 Å².